The SMILES string of the molecule is Cc1cc(C)n(CCCNC(=O)COC(=O)CCc2nc3ccccc3c(=O)[nH]2)n1. The first-order chi connectivity index (χ1) is 14.4. The lowest BCUT2D eigenvalue weighted by Crippen LogP contribution is -2.30. The van der Waals surface area contributed by atoms with Crippen LogP contribution < -0.4 is 10.9 Å². The van der Waals surface area contributed by atoms with Crippen molar-refractivity contribution in [1.29, 1.82) is 0 Å². The van der Waals surface area contributed by atoms with Crippen molar-refractivity contribution in [3.8, 4) is 0 Å². The molecule has 1 aromatic carbocycles. The average Bonchev–Trinajstić information content (AvgIpc) is 3.05. The molecule has 0 unspecified atom stereocenters. The van der Waals surface area contributed by atoms with E-state index in [1.165, 1.54) is 0 Å². The molecule has 0 bridgehead atoms. The third-order valence-electron chi connectivity index (χ3n) is 4.56. The number of aromatic amines is 1. The third kappa shape index (κ3) is 5.76. The van der Waals surface area contributed by atoms with E-state index in [0.717, 1.165) is 17.8 Å². The summed E-state index contributed by atoms with van der Waals surface area (Å²) in [5.74, 6) is -0.471. The van der Waals surface area contributed by atoms with Crippen LogP contribution in [-0.4, -0.2) is 44.8 Å². The Balaban J connectivity index is 1.35. The van der Waals surface area contributed by atoms with Crippen molar-refractivity contribution < 1.29 is 14.3 Å². The molecule has 0 spiro atoms. The number of fused-ring (bicyclic) bond motifs is 1. The lowest BCUT2D eigenvalue weighted by atomic mass is 10.2. The number of hydrogen-bond donors (Lipinski definition) is 2. The molecule has 0 saturated carbocycles. The van der Waals surface area contributed by atoms with E-state index in [4.69, 9.17) is 4.74 Å². The molecule has 2 heterocycles. The van der Waals surface area contributed by atoms with Crippen LogP contribution in [0.4, 0.5) is 0 Å². The predicted octanol–water partition coefficient (Wildman–Crippen LogP) is 1.42. The van der Waals surface area contributed by atoms with Gasteiger partial charge in [-0.05, 0) is 38.5 Å². The summed E-state index contributed by atoms with van der Waals surface area (Å²) in [6.07, 6.45) is 0.971. The van der Waals surface area contributed by atoms with E-state index in [0.29, 0.717) is 29.8 Å². The molecule has 9 heteroatoms. The van der Waals surface area contributed by atoms with Crippen LogP contribution in [0.15, 0.2) is 35.1 Å². The summed E-state index contributed by atoms with van der Waals surface area (Å²) in [6, 6.07) is 8.99. The fourth-order valence-electron chi connectivity index (χ4n) is 3.10. The molecule has 3 rings (SSSR count). The molecule has 0 fully saturated rings. The smallest absolute Gasteiger partial charge is 0.306 e. The largest absolute Gasteiger partial charge is 0.456 e. The number of ether oxygens (including phenoxy) is 1. The average molecular weight is 411 g/mol. The van der Waals surface area contributed by atoms with Gasteiger partial charge in [-0.25, -0.2) is 4.98 Å². The second kappa shape index (κ2) is 9.82. The molecule has 0 saturated heterocycles. The highest BCUT2D eigenvalue weighted by Gasteiger charge is 2.10. The quantitative estimate of drug-likeness (QED) is 0.406. The molecule has 0 atom stereocenters. The molecule has 0 aliphatic carbocycles. The van der Waals surface area contributed by atoms with Crippen LogP contribution in [0.3, 0.4) is 0 Å². The standard InChI is InChI=1S/C21H25N5O4/c1-14-12-15(2)26(25-14)11-5-10-22-19(27)13-30-20(28)9-8-18-23-17-7-4-3-6-16(17)21(29)24-18/h3-4,6-7,12H,5,8-11,13H2,1-2H3,(H,22,27)(H,23,24,29). The number of amides is 1. The number of aryl methyl sites for hydroxylation is 4. The predicted molar refractivity (Wildman–Crippen MR) is 111 cm³/mol. The fraction of sp³-hybridized carbons (Fsp3) is 0.381. The molecule has 3 aromatic rings. The van der Waals surface area contributed by atoms with Crippen LogP contribution in [-0.2, 0) is 27.3 Å². The van der Waals surface area contributed by atoms with Crippen molar-refractivity contribution in [3.63, 3.8) is 0 Å². The summed E-state index contributed by atoms with van der Waals surface area (Å²) in [6.45, 7) is 4.77. The minimum atomic E-state index is -0.524. The zero-order valence-electron chi connectivity index (χ0n) is 17.1. The van der Waals surface area contributed by atoms with E-state index >= 15 is 0 Å². The Morgan fingerprint density at radius 3 is 2.80 bits per heavy atom. The Bertz CT molecular complexity index is 1100. The van der Waals surface area contributed by atoms with Crippen molar-refractivity contribution >= 4 is 22.8 Å². The van der Waals surface area contributed by atoms with Gasteiger partial charge < -0.3 is 15.0 Å². The summed E-state index contributed by atoms with van der Waals surface area (Å²) in [7, 11) is 0. The van der Waals surface area contributed by atoms with Gasteiger partial charge in [-0.1, -0.05) is 12.1 Å². The molecule has 0 radical (unpaired) electrons. The Kier molecular flexibility index (Phi) is 6.95. The highest BCUT2D eigenvalue weighted by molar-refractivity contribution is 5.80. The monoisotopic (exact) mass is 411 g/mol. The van der Waals surface area contributed by atoms with Crippen LogP contribution in [0.2, 0.25) is 0 Å². The molecule has 158 valence electrons. The van der Waals surface area contributed by atoms with Gasteiger partial charge in [0.05, 0.1) is 23.0 Å². The van der Waals surface area contributed by atoms with Crippen LogP contribution in [0.1, 0.15) is 30.1 Å². The second-order valence-electron chi connectivity index (χ2n) is 7.04. The fourth-order valence-corrected chi connectivity index (χ4v) is 3.10. The number of aromatic nitrogens is 4. The van der Waals surface area contributed by atoms with Crippen molar-refractivity contribution in [2.45, 2.75) is 39.7 Å². The van der Waals surface area contributed by atoms with E-state index in [-0.39, 0.29) is 30.9 Å². The van der Waals surface area contributed by atoms with Gasteiger partial charge in [0, 0.05) is 25.2 Å². The van der Waals surface area contributed by atoms with Gasteiger partial charge >= 0.3 is 5.97 Å². The van der Waals surface area contributed by atoms with Gasteiger partial charge in [0.1, 0.15) is 5.82 Å². The van der Waals surface area contributed by atoms with Crippen LogP contribution in [0.25, 0.3) is 10.9 Å². The zero-order chi connectivity index (χ0) is 21.5. The number of carbonyl (C=O) groups excluding carboxylic acids is 2. The summed E-state index contributed by atoms with van der Waals surface area (Å²) in [5.41, 5.74) is 2.37. The van der Waals surface area contributed by atoms with Crippen molar-refractivity contribution in [1.82, 2.24) is 25.1 Å². The Labute approximate surface area is 173 Å². The van der Waals surface area contributed by atoms with Gasteiger partial charge in [0.2, 0.25) is 0 Å². The lowest BCUT2D eigenvalue weighted by Gasteiger charge is -2.08. The Morgan fingerprint density at radius 1 is 1.23 bits per heavy atom. The summed E-state index contributed by atoms with van der Waals surface area (Å²) in [4.78, 5) is 42.7. The molecule has 2 aromatic heterocycles. The van der Waals surface area contributed by atoms with E-state index in [9.17, 15) is 14.4 Å². The number of benzene rings is 1. The zero-order valence-corrected chi connectivity index (χ0v) is 17.1. The van der Waals surface area contributed by atoms with Crippen molar-refractivity contribution in [2.24, 2.45) is 0 Å². The molecular formula is C21H25N5O4. The molecule has 0 aliphatic heterocycles. The number of nitrogens with zero attached hydrogens (tertiary/aromatic N) is 3. The lowest BCUT2D eigenvalue weighted by molar-refractivity contribution is -0.148. The number of hydrogen-bond acceptors (Lipinski definition) is 6. The molecule has 1 amide bonds. The van der Waals surface area contributed by atoms with E-state index in [2.05, 4.69) is 20.4 Å². The summed E-state index contributed by atoms with van der Waals surface area (Å²) < 4.78 is 6.89. The first-order valence-electron chi connectivity index (χ1n) is 9.83. The summed E-state index contributed by atoms with van der Waals surface area (Å²) >= 11 is 0. The number of rotatable bonds is 9. The highest BCUT2D eigenvalue weighted by atomic mass is 16.5. The number of para-hydroxylation sites is 1. The topological polar surface area (TPSA) is 119 Å². The van der Waals surface area contributed by atoms with Gasteiger partial charge in [0.15, 0.2) is 6.61 Å². The number of H-pyrrole nitrogens is 1. The van der Waals surface area contributed by atoms with Gasteiger partial charge in [0.25, 0.3) is 11.5 Å². The summed E-state index contributed by atoms with van der Waals surface area (Å²) in [5, 5.41) is 7.58. The number of nitrogens with one attached hydrogen (secondary N) is 2. The van der Waals surface area contributed by atoms with Gasteiger partial charge in [-0.3, -0.25) is 19.1 Å². The maximum absolute atomic E-state index is 12.0. The molecule has 9 nitrogen and oxygen atoms in total. The first kappa shape index (κ1) is 21.2. The maximum atomic E-state index is 12.0. The maximum Gasteiger partial charge on any atom is 0.306 e. The van der Waals surface area contributed by atoms with E-state index < -0.39 is 5.97 Å². The van der Waals surface area contributed by atoms with Crippen LogP contribution in [0.5, 0.6) is 0 Å². The van der Waals surface area contributed by atoms with Crippen molar-refractivity contribution in [3.05, 3.63) is 57.9 Å². The number of esters is 1. The van der Waals surface area contributed by atoms with Crippen molar-refractivity contribution in [2.75, 3.05) is 13.2 Å². The van der Waals surface area contributed by atoms with Crippen LogP contribution in [0, 0.1) is 13.8 Å². The molecule has 30 heavy (non-hydrogen) atoms. The minimum absolute atomic E-state index is 0.0203. The molecular weight excluding hydrogens is 386 g/mol. The van der Waals surface area contributed by atoms with E-state index in [1.54, 1.807) is 24.3 Å². The van der Waals surface area contributed by atoms with E-state index in [1.807, 2.05) is 24.6 Å². The second-order valence-corrected chi connectivity index (χ2v) is 7.04. The third-order valence-corrected chi connectivity index (χ3v) is 4.56. The first-order valence-corrected chi connectivity index (χ1v) is 9.83. The van der Waals surface area contributed by atoms with Gasteiger partial charge in [-0.2, -0.15) is 5.10 Å². The molecule has 0 aliphatic rings. The Hall–Kier alpha value is -3.49. The normalized spacial score (nSPS) is 10.9. The van der Waals surface area contributed by atoms with Gasteiger partial charge in [-0.15, -0.1) is 0 Å². The minimum Gasteiger partial charge on any atom is -0.456 e. The van der Waals surface area contributed by atoms with Crippen LogP contribution >= 0.6 is 0 Å². The molecule has 2 N–H and O–H groups in total. The Morgan fingerprint density at radius 2 is 2.03 bits per heavy atom. The highest BCUT2D eigenvalue weighted by Crippen LogP contribution is 2.07. The number of carbonyl (C=O) groups is 2.